The van der Waals surface area contributed by atoms with Crippen molar-refractivity contribution in [2.75, 3.05) is 10.6 Å². The van der Waals surface area contributed by atoms with Crippen LogP contribution in [0.25, 0.3) is 0 Å². The fraction of sp³-hybridized carbons (Fsp3) is 0. The second kappa shape index (κ2) is 7.83. The summed E-state index contributed by atoms with van der Waals surface area (Å²) in [7, 11) is 0. The molecule has 0 fully saturated rings. The van der Waals surface area contributed by atoms with Crippen molar-refractivity contribution in [1.29, 1.82) is 5.26 Å². The summed E-state index contributed by atoms with van der Waals surface area (Å²) in [6, 6.07) is 13.7. The number of rotatable bonds is 4. The van der Waals surface area contributed by atoms with Gasteiger partial charge in [-0.2, -0.15) is 5.26 Å². The summed E-state index contributed by atoms with van der Waals surface area (Å²) in [6.07, 6.45) is 2.81. The maximum Gasteiger partial charge on any atom is 0.275 e. The second-order valence-corrected chi connectivity index (χ2v) is 6.00. The van der Waals surface area contributed by atoms with E-state index in [0.717, 1.165) is 5.69 Å². The lowest BCUT2D eigenvalue weighted by Crippen LogP contribution is -2.14. The van der Waals surface area contributed by atoms with Crippen LogP contribution in [0, 0.1) is 11.3 Å². The van der Waals surface area contributed by atoms with E-state index >= 15 is 0 Å². The molecule has 8 heteroatoms. The Balaban J connectivity index is 1.67. The standard InChI is InChI=1S/C18H11Cl2N5O/c19-14-6-5-13(7-15(14)20)25-18(26)16-9-23-17(10-22-16)24-12-3-1-11(8-21)2-4-12/h1-7,9-10H,(H,23,24)(H,25,26). The highest BCUT2D eigenvalue weighted by Gasteiger charge is 2.10. The van der Waals surface area contributed by atoms with Gasteiger partial charge in [0.1, 0.15) is 11.5 Å². The van der Waals surface area contributed by atoms with E-state index in [9.17, 15) is 4.79 Å². The van der Waals surface area contributed by atoms with Crippen LogP contribution in [0.3, 0.4) is 0 Å². The molecule has 0 unspecified atom stereocenters. The second-order valence-electron chi connectivity index (χ2n) is 5.18. The molecule has 1 aromatic heterocycles. The molecule has 0 atom stereocenters. The van der Waals surface area contributed by atoms with Crippen molar-refractivity contribution in [2.45, 2.75) is 0 Å². The highest BCUT2D eigenvalue weighted by molar-refractivity contribution is 6.42. The zero-order valence-corrected chi connectivity index (χ0v) is 14.7. The number of carbonyl (C=O) groups is 1. The minimum atomic E-state index is -0.416. The summed E-state index contributed by atoms with van der Waals surface area (Å²) < 4.78 is 0. The molecule has 0 spiro atoms. The first-order valence-electron chi connectivity index (χ1n) is 7.41. The molecule has 128 valence electrons. The van der Waals surface area contributed by atoms with Gasteiger partial charge in [-0.3, -0.25) is 4.79 Å². The van der Waals surface area contributed by atoms with E-state index in [-0.39, 0.29) is 5.69 Å². The van der Waals surface area contributed by atoms with Crippen LogP contribution in [0.4, 0.5) is 17.2 Å². The number of hydrogen-bond donors (Lipinski definition) is 2. The van der Waals surface area contributed by atoms with Crippen LogP contribution in [-0.4, -0.2) is 15.9 Å². The van der Waals surface area contributed by atoms with Gasteiger partial charge in [0.25, 0.3) is 5.91 Å². The smallest absolute Gasteiger partial charge is 0.275 e. The normalized spacial score (nSPS) is 10.0. The molecule has 6 nitrogen and oxygen atoms in total. The molecular weight excluding hydrogens is 373 g/mol. The Hall–Kier alpha value is -3.14. The summed E-state index contributed by atoms with van der Waals surface area (Å²) in [4.78, 5) is 20.5. The van der Waals surface area contributed by atoms with E-state index in [1.165, 1.54) is 12.4 Å². The van der Waals surface area contributed by atoms with Gasteiger partial charge in [0.2, 0.25) is 0 Å². The van der Waals surface area contributed by atoms with Gasteiger partial charge in [0.05, 0.1) is 34.1 Å². The van der Waals surface area contributed by atoms with Crippen molar-refractivity contribution in [3.63, 3.8) is 0 Å². The average molecular weight is 384 g/mol. The molecule has 0 aliphatic heterocycles. The predicted octanol–water partition coefficient (Wildman–Crippen LogP) is 4.65. The van der Waals surface area contributed by atoms with E-state index in [1.54, 1.807) is 42.5 Å². The van der Waals surface area contributed by atoms with Gasteiger partial charge in [-0.25, -0.2) is 9.97 Å². The van der Waals surface area contributed by atoms with Crippen LogP contribution < -0.4 is 10.6 Å². The molecule has 0 saturated carbocycles. The largest absolute Gasteiger partial charge is 0.339 e. The van der Waals surface area contributed by atoms with Crippen molar-refractivity contribution in [2.24, 2.45) is 0 Å². The van der Waals surface area contributed by atoms with Crippen molar-refractivity contribution < 1.29 is 4.79 Å². The first-order chi connectivity index (χ1) is 12.5. The third kappa shape index (κ3) is 4.28. The quantitative estimate of drug-likeness (QED) is 0.683. The summed E-state index contributed by atoms with van der Waals surface area (Å²) in [5.74, 6) is 0.0570. The molecule has 1 amide bonds. The monoisotopic (exact) mass is 383 g/mol. The van der Waals surface area contributed by atoms with Crippen LogP contribution in [0.5, 0.6) is 0 Å². The van der Waals surface area contributed by atoms with Crippen molar-refractivity contribution >= 4 is 46.3 Å². The molecule has 0 aliphatic rings. The SMILES string of the molecule is N#Cc1ccc(Nc2cnc(C(=O)Nc3ccc(Cl)c(Cl)c3)cn2)cc1. The highest BCUT2D eigenvalue weighted by Crippen LogP contribution is 2.25. The Morgan fingerprint density at radius 3 is 2.31 bits per heavy atom. The average Bonchev–Trinajstić information content (AvgIpc) is 2.66. The van der Waals surface area contributed by atoms with E-state index in [4.69, 9.17) is 28.5 Å². The lowest BCUT2D eigenvalue weighted by Gasteiger charge is -2.07. The van der Waals surface area contributed by atoms with Gasteiger partial charge in [-0.15, -0.1) is 0 Å². The van der Waals surface area contributed by atoms with E-state index in [1.807, 2.05) is 6.07 Å². The van der Waals surface area contributed by atoms with Crippen LogP contribution in [0.1, 0.15) is 16.1 Å². The number of carbonyl (C=O) groups excluding carboxylic acids is 1. The molecule has 3 rings (SSSR count). The predicted molar refractivity (Wildman–Crippen MR) is 101 cm³/mol. The summed E-state index contributed by atoms with van der Waals surface area (Å²) >= 11 is 11.8. The van der Waals surface area contributed by atoms with Crippen LogP contribution in [0.2, 0.25) is 10.0 Å². The molecule has 2 aromatic carbocycles. The van der Waals surface area contributed by atoms with Crippen LogP contribution in [-0.2, 0) is 0 Å². The lowest BCUT2D eigenvalue weighted by molar-refractivity contribution is 0.102. The number of benzene rings is 2. The maximum absolute atomic E-state index is 12.2. The van der Waals surface area contributed by atoms with Crippen LogP contribution >= 0.6 is 23.2 Å². The number of hydrogen-bond acceptors (Lipinski definition) is 5. The number of nitrogens with zero attached hydrogens (tertiary/aromatic N) is 3. The maximum atomic E-state index is 12.2. The summed E-state index contributed by atoms with van der Waals surface area (Å²) in [5, 5.41) is 15.3. The Kier molecular flexibility index (Phi) is 5.32. The molecule has 3 aromatic rings. The minimum Gasteiger partial charge on any atom is -0.339 e. The number of aromatic nitrogens is 2. The first kappa shape index (κ1) is 17.7. The van der Waals surface area contributed by atoms with Gasteiger partial charge in [0, 0.05) is 11.4 Å². The Morgan fingerprint density at radius 1 is 0.962 bits per heavy atom. The highest BCUT2D eigenvalue weighted by atomic mass is 35.5. The van der Waals surface area contributed by atoms with E-state index < -0.39 is 5.91 Å². The van der Waals surface area contributed by atoms with Crippen molar-refractivity contribution in [3.05, 3.63) is 76.2 Å². The topological polar surface area (TPSA) is 90.7 Å². The molecule has 0 aliphatic carbocycles. The van der Waals surface area contributed by atoms with Crippen molar-refractivity contribution in [3.8, 4) is 6.07 Å². The number of amides is 1. The first-order valence-corrected chi connectivity index (χ1v) is 8.16. The van der Waals surface area contributed by atoms with Gasteiger partial charge < -0.3 is 10.6 Å². The molecule has 0 bridgehead atoms. The molecular formula is C18H11Cl2N5O. The molecule has 26 heavy (non-hydrogen) atoms. The third-order valence-corrected chi connectivity index (χ3v) is 4.09. The van der Waals surface area contributed by atoms with Crippen molar-refractivity contribution in [1.82, 2.24) is 9.97 Å². The molecule has 1 heterocycles. The van der Waals surface area contributed by atoms with Gasteiger partial charge in [-0.05, 0) is 42.5 Å². The summed E-state index contributed by atoms with van der Waals surface area (Å²) in [5.41, 5.74) is 1.98. The Labute approximate surface area is 159 Å². The zero-order valence-electron chi connectivity index (χ0n) is 13.2. The Bertz CT molecular complexity index is 982. The third-order valence-electron chi connectivity index (χ3n) is 3.35. The van der Waals surface area contributed by atoms with Gasteiger partial charge >= 0.3 is 0 Å². The number of nitrogens with one attached hydrogen (secondary N) is 2. The lowest BCUT2D eigenvalue weighted by atomic mass is 10.2. The fourth-order valence-electron chi connectivity index (χ4n) is 2.05. The zero-order chi connectivity index (χ0) is 18.5. The molecule has 0 radical (unpaired) electrons. The van der Waals surface area contributed by atoms with E-state index in [0.29, 0.717) is 27.1 Å². The van der Waals surface area contributed by atoms with Gasteiger partial charge in [0.15, 0.2) is 0 Å². The fourth-order valence-corrected chi connectivity index (χ4v) is 2.35. The van der Waals surface area contributed by atoms with Gasteiger partial charge in [-0.1, -0.05) is 23.2 Å². The number of nitriles is 1. The minimum absolute atomic E-state index is 0.154. The summed E-state index contributed by atoms with van der Waals surface area (Å²) in [6.45, 7) is 0. The number of halogens is 2. The van der Waals surface area contributed by atoms with Crippen LogP contribution in [0.15, 0.2) is 54.9 Å². The Morgan fingerprint density at radius 2 is 1.69 bits per heavy atom. The molecule has 2 N–H and O–H groups in total. The number of anilines is 3. The molecule has 0 saturated heterocycles. The van der Waals surface area contributed by atoms with E-state index in [2.05, 4.69) is 20.6 Å².